The van der Waals surface area contributed by atoms with Gasteiger partial charge in [0.1, 0.15) is 18.2 Å². The van der Waals surface area contributed by atoms with E-state index in [1.807, 2.05) is 13.8 Å². The molecular weight excluding hydrogens is 385 g/mol. The standard InChI is InChI=1S/C19H21F3N6O/c1-11(2)9-24-17(29)12-3-5-13(6-4-12)26-18-27-15-14(7-8-23-15)16(28-18)25-10-19(20,21)22/h3-8,11H,9-10H2,1-2H3,(H,24,29)(H3,23,25,26,27,28). The fourth-order valence-electron chi connectivity index (χ4n) is 2.56. The van der Waals surface area contributed by atoms with Crippen molar-refractivity contribution in [3.05, 3.63) is 42.1 Å². The summed E-state index contributed by atoms with van der Waals surface area (Å²) in [5.74, 6) is 0.868. The lowest BCUT2D eigenvalue weighted by Crippen LogP contribution is -2.27. The molecule has 2 heterocycles. The van der Waals surface area contributed by atoms with E-state index in [1.54, 1.807) is 30.3 Å². The van der Waals surface area contributed by atoms with Crippen LogP contribution in [-0.2, 0) is 0 Å². The Morgan fingerprint density at radius 2 is 1.90 bits per heavy atom. The molecule has 10 heteroatoms. The summed E-state index contributed by atoms with van der Waals surface area (Å²) in [5, 5.41) is 8.11. The van der Waals surface area contributed by atoms with Crippen molar-refractivity contribution in [2.45, 2.75) is 20.0 Å². The summed E-state index contributed by atoms with van der Waals surface area (Å²) in [6.07, 6.45) is -2.89. The highest BCUT2D eigenvalue weighted by Gasteiger charge is 2.28. The zero-order valence-corrected chi connectivity index (χ0v) is 15.9. The Balaban J connectivity index is 1.74. The lowest BCUT2D eigenvalue weighted by molar-refractivity contribution is -0.115. The number of alkyl halides is 3. The molecule has 0 aromatic heterocycles. The first-order valence-corrected chi connectivity index (χ1v) is 9.02. The molecule has 0 saturated carbocycles. The SMILES string of the molecule is CC(C)CNC(=O)c1ccc(Nc2nc(NCC(F)(F)F)c3ccnc-3[nH]2)cc1. The molecule has 0 saturated heterocycles. The molecule has 154 valence electrons. The van der Waals surface area contributed by atoms with Gasteiger partial charge in [0.05, 0.1) is 5.56 Å². The summed E-state index contributed by atoms with van der Waals surface area (Å²) < 4.78 is 37.7. The van der Waals surface area contributed by atoms with Crippen molar-refractivity contribution < 1.29 is 18.0 Å². The molecule has 0 bridgehead atoms. The average molecular weight is 406 g/mol. The number of nitrogens with zero attached hydrogens (tertiary/aromatic N) is 2. The number of carbonyl (C=O) groups excluding carboxylic acids is 1. The van der Waals surface area contributed by atoms with E-state index in [9.17, 15) is 18.0 Å². The number of halogens is 3. The highest BCUT2D eigenvalue weighted by molar-refractivity contribution is 5.94. The van der Waals surface area contributed by atoms with E-state index in [0.29, 0.717) is 35.1 Å². The number of rotatable bonds is 7. The molecule has 0 fully saturated rings. The number of fused-ring (bicyclic) bond motifs is 1. The van der Waals surface area contributed by atoms with E-state index in [4.69, 9.17) is 0 Å². The van der Waals surface area contributed by atoms with Gasteiger partial charge in [-0.05, 0) is 36.2 Å². The summed E-state index contributed by atoms with van der Waals surface area (Å²) in [4.78, 5) is 23.3. The largest absolute Gasteiger partial charge is 0.405 e. The highest BCUT2D eigenvalue weighted by Crippen LogP contribution is 2.29. The number of benzene rings is 1. The van der Waals surface area contributed by atoms with Crippen molar-refractivity contribution in [1.29, 1.82) is 0 Å². The Labute approximate surface area is 165 Å². The molecule has 0 aliphatic carbocycles. The zero-order valence-electron chi connectivity index (χ0n) is 15.9. The molecule has 0 radical (unpaired) electrons. The van der Waals surface area contributed by atoms with Crippen LogP contribution in [0.3, 0.4) is 0 Å². The van der Waals surface area contributed by atoms with Crippen molar-refractivity contribution in [2.24, 2.45) is 5.92 Å². The van der Waals surface area contributed by atoms with Crippen molar-refractivity contribution in [3.63, 3.8) is 0 Å². The van der Waals surface area contributed by atoms with Crippen LogP contribution in [-0.4, -0.2) is 40.1 Å². The first kappa shape index (κ1) is 20.4. The Hall–Kier alpha value is -3.30. The van der Waals surface area contributed by atoms with Crippen molar-refractivity contribution >= 4 is 23.4 Å². The predicted octanol–water partition coefficient (Wildman–Crippen LogP) is 4.01. The van der Waals surface area contributed by atoms with Crippen molar-refractivity contribution in [1.82, 2.24) is 20.3 Å². The summed E-state index contributed by atoms with van der Waals surface area (Å²) in [5.41, 5.74) is 1.58. The Morgan fingerprint density at radius 3 is 2.55 bits per heavy atom. The van der Waals surface area contributed by atoms with Crippen LogP contribution in [0.15, 0.2) is 36.5 Å². The molecule has 2 aliphatic heterocycles. The fraction of sp³-hybridized carbons (Fsp3) is 0.316. The second kappa shape index (κ2) is 8.38. The first-order chi connectivity index (χ1) is 13.7. The number of hydrogen-bond donors (Lipinski definition) is 4. The Morgan fingerprint density at radius 1 is 1.17 bits per heavy atom. The van der Waals surface area contributed by atoms with Gasteiger partial charge in [-0.15, -0.1) is 0 Å². The van der Waals surface area contributed by atoms with Crippen LogP contribution in [0.4, 0.5) is 30.6 Å². The lowest BCUT2D eigenvalue weighted by atomic mass is 10.1. The quantitative estimate of drug-likeness (QED) is 0.476. The van der Waals surface area contributed by atoms with Crippen LogP contribution < -0.4 is 16.0 Å². The second-order valence-electron chi connectivity index (χ2n) is 6.92. The lowest BCUT2D eigenvalue weighted by Gasteiger charge is -2.14. The third-order valence-corrected chi connectivity index (χ3v) is 3.95. The monoisotopic (exact) mass is 406 g/mol. The molecule has 3 rings (SSSR count). The number of hydrogen-bond acceptors (Lipinski definition) is 5. The van der Waals surface area contributed by atoms with E-state index in [1.165, 1.54) is 6.20 Å². The fourth-order valence-corrected chi connectivity index (χ4v) is 2.56. The van der Waals surface area contributed by atoms with Gasteiger partial charge in [0.15, 0.2) is 0 Å². The molecule has 0 unspecified atom stereocenters. The third-order valence-electron chi connectivity index (χ3n) is 3.95. The van der Waals surface area contributed by atoms with E-state index >= 15 is 0 Å². The van der Waals surface area contributed by atoms with Gasteiger partial charge in [-0.2, -0.15) is 18.2 Å². The summed E-state index contributed by atoms with van der Waals surface area (Å²) in [7, 11) is 0. The van der Waals surface area contributed by atoms with Crippen LogP contribution in [0.5, 0.6) is 0 Å². The molecule has 2 aliphatic rings. The topological polar surface area (TPSA) is 94.7 Å². The molecule has 1 aromatic rings. The minimum Gasteiger partial charge on any atom is -0.360 e. The average Bonchev–Trinajstić information content (AvgIpc) is 3.13. The van der Waals surface area contributed by atoms with Gasteiger partial charge < -0.3 is 20.9 Å². The Kier molecular flexibility index (Phi) is 5.90. The maximum Gasteiger partial charge on any atom is 0.405 e. The van der Waals surface area contributed by atoms with E-state index in [0.717, 1.165) is 0 Å². The maximum absolute atomic E-state index is 12.6. The maximum atomic E-state index is 12.6. The van der Waals surface area contributed by atoms with Gasteiger partial charge in [-0.3, -0.25) is 4.79 Å². The van der Waals surface area contributed by atoms with Crippen LogP contribution in [0.1, 0.15) is 24.2 Å². The zero-order chi connectivity index (χ0) is 21.0. The predicted molar refractivity (Wildman–Crippen MR) is 104 cm³/mol. The first-order valence-electron chi connectivity index (χ1n) is 9.02. The molecular formula is C19H21F3N6O. The van der Waals surface area contributed by atoms with Gasteiger partial charge in [-0.25, -0.2) is 4.98 Å². The number of amides is 1. The van der Waals surface area contributed by atoms with E-state index in [2.05, 4.69) is 30.9 Å². The number of aromatic amines is 1. The van der Waals surface area contributed by atoms with E-state index < -0.39 is 12.7 Å². The molecule has 0 atom stereocenters. The van der Waals surface area contributed by atoms with Crippen LogP contribution in [0.25, 0.3) is 11.4 Å². The van der Waals surface area contributed by atoms with Gasteiger partial charge in [0.25, 0.3) is 5.91 Å². The third kappa shape index (κ3) is 5.59. The van der Waals surface area contributed by atoms with Crippen LogP contribution in [0.2, 0.25) is 0 Å². The van der Waals surface area contributed by atoms with Crippen molar-refractivity contribution in [3.8, 4) is 11.4 Å². The molecule has 29 heavy (non-hydrogen) atoms. The number of H-pyrrole nitrogens is 1. The van der Waals surface area contributed by atoms with Crippen LogP contribution >= 0.6 is 0 Å². The number of carbonyl (C=O) groups is 1. The van der Waals surface area contributed by atoms with Crippen molar-refractivity contribution in [2.75, 3.05) is 23.7 Å². The minimum absolute atomic E-state index is 0.0701. The summed E-state index contributed by atoms with van der Waals surface area (Å²) >= 11 is 0. The molecule has 7 nitrogen and oxygen atoms in total. The number of aromatic nitrogens is 3. The normalized spacial score (nSPS) is 11.7. The Bertz CT molecular complexity index is 936. The second-order valence-corrected chi connectivity index (χ2v) is 6.92. The number of nitrogens with one attached hydrogen (secondary N) is 4. The number of anilines is 3. The van der Waals surface area contributed by atoms with Gasteiger partial charge in [0, 0.05) is 24.0 Å². The molecule has 0 spiro atoms. The minimum atomic E-state index is -4.37. The highest BCUT2D eigenvalue weighted by atomic mass is 19.4. The summed E-state index contributed by atoms with van der Waals surface area (Å²) in [6.45, 7) is 3.39. The molecule has 1 amide bonds. The smallest absolute Gasteiger partial charge is 0.360 e. The summed E-state index contributed by atoms with van der Waals surface area (Å²) in [6, 6.07) is 8.25. The molecule has 1 aromatic carbocycles. The van der Waals surface area contributed by atoms with E-state index in [-0.39, 0.29) is 17.7 Å². The van der Waals surface area contributed by atoms with Gasteiger partial charge in [0.2, 0.25) is 5.95 Å². The molecule has 4 N–H and O–H groups in total. The van der Waals surface area contributed by atoms with Crippen LogP contribution in [0, 0.1) is 5.92 Å². The van der Waals surface area contributed by atoms with Gasteiger partial charge in [-0.1, -0.05) is 13.8 Å². The van der Waals surface area contributed by atoms with Gasteiger partial charge >= 0.3 is 6.18 Å².